The maximum atomic E-state index is 12.5. The first-order valence-electron chi connectivity index (χ1n) is 9.28. The maximum absolute atomic E-state index is 12.5. The van der Waals surface area contributed by atoms with E-state index in [0.29, 0.717) is 10.6 Å². The Balaban J connectivity index is 1.63. The Hall–Kier alpha value is -2.43. The van der Waals surface area contributed by atoms with Gasteiger partial charge in [0, 0.05) is 15.8 Å². The van der Waals surface area contributed by atoms with Crippen molar-refractivity contribution in [3.8, 4) is 6.07 Å². The van der Waals surface area contributed by atoms with Crippen LogP contribution in [-0.2, 0) is 27.2 Å². The number of hydrogen-bond donors (Lipinski definition) is 1. The zero-order chi connectivity index (χ0) is 20.1. The van der Waals surface area contributed by atoms with Crippen LogP contribution in [0.15, 0.2) is 17.5 Å². The van der Waals surface area contributed by atoms with Crippen molar-refractivity contribution in [1.29, 1.82) is 5.26 Å². The van der Waals surface area contributed by atoms with E-state index in [4.69, 9.17) is 4.74 Å². The van der Waals surface area contributed by atoms with E-state index in [0.717, 1.165) is 41.7 Å². The summed E-state index contributed by atoms with van der Waals surface area (Å²) in [4.78, 5) is 26.6. The van der Waals surface area contributed by atoms with Gasteiger partial charge in [-0.1, -0.05) is 6.42 Å². The molecule has 1 aliphatic carbocycles. The van der Waals surface area contributed by atoms with E-state index in [1.54, 1.807) is 6.08 Å². The lowest BCUT2D eigenvalue weighted by Crippen LogP contribution is -2.29. The molecule has 1 N–H and O–H groups in total. The molecule has 5 nitrogen and oxygen atoms in total. The number of ether oxygens (including phenoxy) is 1. The number of anilines is 1. The van der Waals surface area contributed by atoms with Crippen molar-refractivity contribution in [3.63, 3.8) is 0 Å². The topological polar surface area (TPSA) is 79.2 Å². The van der Waals surface area contributed by atoms with Crippen molar-refractivity contribution in [2.45, 2.75) is 52.1 Å². The standard InChI is InChI=1S/C21H22N2O3S2/c1-13-10-11-27-17(13)8-9-19(24)26-14(2)20(25)23-21-16(12-22)15-6-4-3-5-7-18(15)28-21/h8-11,14H,3-7H2,1-2H3,(H,23,25)/b9-8+/t14-/m1/s1. The lowest BCUT2D eigenvalue weighted by atomic mass is 10.1. The monoisotopic (exact) mass is 414 g/mol. The highest BCUT2D eigenvalue weighted by Crippen LogP contribution is 2.37. The minimum Gasteiger partial charge on any atom is -0.449 e. The lowest BCUT2D eigenvalue weighted by molar-refractivity contribution is -0.148. The molecule has 0 spiro atoms. The van der Waals surface area contributed by atoms with Crippen LogP contribution in [-0.4, -0.2) is 18.0 Å². The van der Waals surface area contributed by atoms with Gasteiger partial charge in [0.2, 0.25) is 0 Å². The third kappa shape index (κ3) is 4.70. The summed E-state index contributed by atoms with van der Waals surface area (Å²) in [5.74, 6) is -1.00. The van der Waals surface area contributed by atoms with E-state index in [9.17, 15) is 14.9 Å². The predicted molar refractivity (Wildman–Crippen MR) is 113 cm³/mol. The predicted octanol–water partition coefficient (Wildman–Crippen LogP) is 4.84. The molecule has 28 heavy (non-hydrogen) atoms. The van der Waals surface area contributed by atoms with Crippen molar-refractivity contribution in [1.82, 2.24) is 0 Å². The molecule has 0 aromatic carbocycles. The molecule has 2 aromatic rings. The maximum Gasteiger partial charge on any atom is 0.331 e. The number of rotatable bonds is 5. The smallest absolute Gasteiger partial charge is 0.331 e. The Morgan fingerprint density at radius 1 is 1.32 bits per heavy atom. The van der Waals surface area contributed by atoms with Crippen LogP contribution in [0, 0.1) is 18.3 Å². The highest BCUT2D eigenvalue weighted by Gasteiger charge is 2.23. The van der Waals surface area contributed by atoms with Crippen molar-refractivity contribution in [3.05, 3.63) is 44.0 Å². The van der Waals surface area contributed by atoms with Gasteiger partial charge < -0.3 is 10.1 Å². The van der Waals surface area contributed by atoms with Crippen LogP contribution in [0.4, 0.5) is 5.00 Å². The number of fused-ring (bicyclic) bond motifs is 1. The average molecular weight is 415 g/mol. The van der Waals surface area contributed by atoms with E-state index in [-0.39, 0.29) is 0 Å². The van der Waals surface area contributed by atoms with Gasteiger partial charge in [-0.05, 0) is 68.2 Å². The van der Waals surface area contributed by atoms with Crippen LogP contribution in [0.3, 0.4) is 0 Å². The van der Waals surface area contributed by atoms with E-state index >= 15 is 0 Å². The first-order valence-corrected chi connectivity index (χ1v) is 11.0. The number of esters is 1. The molecule has 3 rings (SSSR count). The Labute approximate surface area is 172 Å². The number of aryl methyl sites for hydroxylation is 2. The molecule has 0 radical (unpaired) electrons. The summed E-state index contributed by atoms with van der Waals surface area (Å²) in [6.45, 7) is 3.50. The van der Waals surface area contributed by atoms with Crippen molar-refractivity contribution in [2.24, 2.45) is 0 Å². The number of hydrogen-bond acceptors (Lipinski definition) is 6. The highest BCUT2D eigenvalue weighted by molar-refractivity contribution is 7.16. The summed E-state index contributed by atoms with van der Waals surface area (Å²) in [5, 5.41) is 14.8. The number of thiophene rings is 2. The van der Waals surface area contributed by atoms with Gasteiger partial charge in [-0.15, -0.1) is 22.7 Å². The summed E-state index contributed by atoms with van der Waals surface area (Å²) in [7, 11) is 0. The number of carbonyl (C=O) groups excluding carboxylic acids is 2. The van der Waals surface area contributed by atoms with E-state index in [1.807, 2.05) is 18.4 Å². The quantitative estimate of drug-likeness (QED) is 0.431. The second kappa shape index (κ2) is 9.18. The fraction of sp³-hybridized carbons (Fsp3) is 0.381. The van der Waals surface area contributed by atoms with Crippen LogP contribution in [0.2, 0.25) is 0 Å². The molecular weight excluding hydrogens is 392 g/mol. The number of nitriles is 1. The normalized spacial score (nSPS) is 14.8. The molecule has 0 bridgehead atoms. The van der Waals surface area contributed by atoms with Crippen LogP contribution >= 0.6 is 22.7 Å². The first-order chi connectivity index (χ1) is 13.5. The Morgan fingerprint density at radius 3 is 2.82 bits per heavy atom. The minimum absolute atomic E-state index is 0.429. The Kier molecular flexibility index (Phi) is 6.65. The third-order valence-corrected chi connectivity index (χ3v) is 6.90. The van der Waals surface area contributed by atoms with Gasteiger partial charge in [-0.25, -0.2) is 4.79 Å². The van der Waals surface area contributed by atoms with Gasteiger partial charge >= 0.3 is 5.97 Å². The van der Waals surface area contributed by atoms with E-state index in [2.05, 4.69) is 11.4 Å². The molecular formula is C21H22N2O3S2. The SMILES string of the molecule is Cc1ccsc1/C=C/C(=O)O[C@H](C)C(=O)Nc1sc2c(c1C#N)CCCCC2. The molecule has 0 fully saturated rings. The van der Waals surface area contributed by atoms with Gasteiger partial charge in [-0.3, -0.25) is 4.79 Å². The van der Waals surface area contributed by atoms with Gasteiger partial charge in [-0.2, -0.15) is 5.26 Å². The van der Waals surface area contributed by atoms with Gasteiger partial charge in [0.1, 0.15) is 11.1 Å². The number of amides is 1. The molecule has 0 saturated heterocycles. The minimum atomic E-state index is -0.949. The molecule has 0 unspecified atom stereocenters. The van der Waals surface area contributed by atoms with E-state index in [1.165, 1.54) is 47.0 Å². The summed E-state index contributed by atoms with van der Waals surface area (Å²) in [6.07, 6.45) is 7.23. The molecule has 2 heterocycles. The van der Waals surface area contributed by atoms with Crippen LogP contribution in [0.1, 0.15) is 52.6 Å². The van der Waals surface area contributed by atoms with Gasteiger partial charge in [0.05, 0.1) is 5.56 Å². The lowest BCUT2D eigenvalue weighted by Gasteiger charge is -2.11. The molecule has 1 aliphatic rings. The highest BCUT2D eigenvalue weighted by atomic mass is 32.1. The van der Waals surface area contributed by atoms with Crippen molar-refractivity contribution in [2.75, 3.05) is 5.32 Å². The summed E-state index contributed by atoms with van der Waals surface area (Å²) < 4.78 is 5.21. The molecule has 1 atom stereocenters. The number of nitrogens with one attached hydrogen (secondary N) is 1. The summed E-state index contributed by atoms with van der Waals surface area (Å²) in [6, 6.07) is 4.21. The molecule has 0 saturated carbocycles. The largest absolute Gasteiger partial charge is 0.449 e. The molecule has 2 aromatic heterocycles. The number of carbonyl (C=O) groups is 2. The molecule has 7 heteroatoms. The zero-order valence-electron chi connectivity index (χ0n) is 15.9. The molecule has 1 amide bonds. The van der Waals surface area contributed by atoms with Crippen LogP contribution in [0.25, 0.3) is 6.08 Å². The first kappa shape index (κ1) is 20.3. The van der Waals surface area contributed by atoms with Crippen LogP contribution in [0.5, 0.6) is 0 Å². The van der Waals surface area contributed by atoms with E-state index < -0.39 is 18.0 Å². The Bertz CT molecular complexity index is 949. The van der Waals surface area contributed by atoms with Crippen molar-refractivity contribution < 1.29 is 14.3 Å². The second-order valence-corrected chi connectivity index (χ2v) is 8.80. The number of nitrogens with zero attached hydrogens (tertiary/aromatic N) is 1. The second-order valence-electron chi connectivity index (χ2n) is 6.75. The Morgan fingerprint density at radius 2 is 2.11 bits per heavy atom. The molecule has 0 aliphatic heterocycles. The fourth-order valence-electron chi connectivity index (χ4n) is 3.13. The summed E-state index contributed by atoms with van der Waals surface area (Å²) in [5.41, 5.74) is 2.71. The average Bonchev–Trinajstić information content (AvgIpc) is 3.14. The molecule has 146 valence electrons. The zero-order valence-corrected chi connectivity index (χ0v) is 17.5. The van der Waals surface area contributed by atoms with Crippen LogP contribution < -0.4 is 5.32 Å². The fourth-order valence-corrected chi connectivity index (χ4v) is 5.19. The van der Waals surface area contributed by atoms with Crippen molar-refractivity contribution >= 4 is 45.6 Å². The summed E-state index contributed by atoms with van der Waals surface area (Å²) >= 11 is 3.00. The van der Waals surface area contributed by atoms with Gasteiger partial charge in [0.15, 0.2) is 6.10 Å². The van der Waals surface area contributed by atoms with Gasteiger partial charge in [0.25, 0.3) is 5.91 Å². The third-order valence-electron chi connectivity index (χ3n) is 4.70.